The fraction of sp³-hybridized carbons (Fsp3) is 0.368. The maximum Gasteiger partial charge on any atom is 0.181 e. The van der Waals surface area contributed by atoms with Crippen LogP contribution in [0.25, 0.3) is 0 Å². The molecule has 0 aliphatic carbocycles. The molecule has 0 amide bonds. The molecule has 0 unspecified atom stereocenters. The predicted molar refractivity (Wildman–Crippen MR) is 93.0 cm³/mol. The summed E-state index contributed by atoms with van der Waals surface area (Å²) in [5.41, 5.74) is 0.799. The van der Waals surface area contributed by atoms with E-state index >= 15 is 0 Å². The van der Waals surface area contributed by atoms with E-state index in [1.807, 2.05) is 6.92 Å². The van der Waals surface area contributed by atoms with Crippen LogP contribution < -0.4 is 0 Å². The van der Waals surface area contributed by atoms with Crippen LogP contribution in [0, 0.1) is 24.4 Å². The zero-order valence-electron chi connectivity index (χ0n) is 14.4. The third kappa shape index (κ3) is 3.94. The van der Waals surface area contributed by atoms with Gasteiger partial charge in [0.1, 0.15) is 17.5 Å². The minimum atomic E-state index is -3.42. The fourth-order valence-electron chi connectivity index (χ4n) is 3.24. The number of nitrogens with zero attached hydrogens (tertiary/aromatic N) is 1. The van der Waals surface area contributed by atoms with Gasteiger partial charge in [-0.1, -0.05) is 17.7 Å². The normalized spacial score (nSPS) is 16.8. The molecule has 0 saturated carbocycles. The monoisotopic (exact) mass is 383 g/mol. The molecule has 1 aliphatic rings. The van der Waals surface area contributed by atoms with Crippen LogP contribution in [0.1, 0.15) is 24.0 Å². The third-order valence-corrected chi connectivity index (χ3v) is 7.09. The molecular formula is C19H20F3NO2S. The molecule has 3 nitrogen and oxygen atoms in total. The molecule has 0 spiro atoms. The molecule has 3 rings (SSSR count). The quantitative estimate of drug-likeness (QED) is 0.805. The van der Waals surface area contributed by atoms with Crippen molar-refractivity contribution < 1.29 is 21.6 Å². The van der Waals surface area contributed by atoms with Crippen molar-refractivity contribution in [1.29, 1.82) is 0 Å². The van der Waals surface area contributed by atoms with Crippen LogP contribution in [0.3, 0.4) is 0 Å². The molecule has 2 aromatic rings. The van der Waals surface area contributed by atoms with Gasteiger partial charge in [-0.05, 0) is 45.0 Å². The lowest BCUT2D eigenvalue weighted by Gasteiger charge is -2.31. The molecule has 140 valence electrons. The Morgan fingerprint density at radius 2 is 1.54 bits per heavy atom. The molecule has 7 heteroatoms. The first-order chi connectivity index (χ1) is 12.3. The van der Waals surface area contributed by atoms with Crippen molar-refractivity contribution in [3.63, 3.8) is 0 Å². The summed E-state index contributed by atoms with van der Waals surface area (Å²) in [5.74, 6) is -2.79. The molecule has 0 N–H and O–H groups in total. The van der Waals surface area contributed by atoms with Gasteiger partial charge >= 0.3 is 0 Å². The lowest BCUT2D eigenvalue weighted by molar-refractivity contribution is 0.216. The second-order valence-electron chi connectivity index (χ2n) is 6.68. The molecule has 2 aromatic carbocycles. The van der Waals surface area contributed by atoms with E-state index in [9.17, 15) is 21.6 Å². The molecule has 1 heterocycles. The predicted octanol–water partition coefficient (Wildman–Crippen LogP) is 3.85. The van der Waals surface area contributed by atoms with Gasteiger partial charge in [0.05, 0.1) is 10.1 Å². The van der Waals surface area contributed by atoms with Gasteiger partial charge in [0.2, 0.25) is 0 Å². The van der Waals surface area contributed by atoms with Crippen LogP contribution >= 0.6 is 0 Å². The number of aryl methyl sites for hydroxylation is 1. The zero-order valence-corrected chi connectivity index (χ0v) is 15.2. The van der Waals surface area contributed by atoms with Crippen molar-refractivity contribution >= 4 is 9.84 Å². The van der Waals surface area contributed by atoms with Gasteiger partial charge in [-0.25, -0.2) is 21.6 Å². The molecule has 0 atom stereocenters. The second-order valence-corrected chi connectivity index (χ2v) is 8.91. The minimum absolute atomic E-state index is 0.00472. The van der Waals surface area contributed by atoms with Gasteiger partial charge in [0, 0.05) is 24.2 Å². The molecule has 0 aromatic heterocycles. The van der Waals surface area contributed by atoms with Gasteiger partial charge in [-0.3, -0.25) is 4.90 Å². The first kappa shape index (κ1) is 18.9. The van der Waals surface area contributed by atoms with Gasteiger partial charge < -0.3 is 0 Å². The number of hydrogen-bond acceptors (Lipinski definition) is 3. The van der Waals surface area contributed by atoms with Crippen LogP contribution in [0.15, 0.2) is 41.3 Å². The van der Waals surface area contributed by atoms with Gasteiger partial charge in [-0.15, -0.1) is 0 Å². The van der Waals surface area contributed by atoms with Crippen LogP contribution in [-0.4, -0.2) is 31.7 Å². The maximum atomic E-state index is 13.8. The zero-order chi connectivity index (χ0) is 18.9. The topological polar surface area (TPSA) is 37.4 Å². The maximum absolute atomic E-state index is 13.8. The van der Waals surface area contributed by atoms with Gasteiger partial charge in [-0.2, -0.15) is 0 Å². The molecular weight excluding hydrogens is 363 g/mol. The molecule has 1 fully saturated rings. The summed E-state index contributed by atoms with van der Waals surface area (Å²) in [7, 11) is -3.42. The highest BCUT2D eigenvalue weighted by atomic mass is 32.2. The Kier molecular flexibility index (Phi) is 5.39. The number of rotatable bonds is 4. The molecule has 0 radical (unpaired) electrons. The van der Waals surface area contributed by atoms with Crippen molar-refractivity contribution in [3.05, 3.63) is 65.0 Å². The highest BCUT2D eigenvalue weighted by Gasteiger charge is 2.31. The summed E-state index contributed by atoms with van der Waals surface area (Å²) in [6.45, 7) is 2.70. The summed E-state index contributed by atoms with van der Waals surface area (Å²) in [6, 6.07) is 8.07. The number of hydrogen-bond donors (Lipinski definition) is 0. The number of halogens is 3. The highest BCUT2D eigenvalue weighted by molar-refractivity contribution is 7.92. The SMILES string of the molecule is Cc1ccc(S(=O)(=O)C2CCN(Cc3c(F)cc(F)cc3F)CC2)cc1. The molecule has 0 bridgehead atoms. The minimum Gasteiger partial charge on any atom is -0.299 e. The van der Waals surface area contributed by atoms with Crippen LogP contribution in [0.5, 0.6) is 0 Å². The lowest BCUT2D eigenvalue weighted by Crippen LogP contribution is -2.39. The molecule has 26 heavy (non-hydrogen) atoms. The summed E-state index contributed by atoms with van der Waals surface area (Å²) in [4.78, 5) is 2.10. The van der Waals surface area contributed by atoms with E-state index in [0.29, 0.717) is 43.0 Å². The average Bonchev–Trinajstić information content (AvgIpc) is 2.59. The lowest BCUT2D eigenvalue weighted by atomic mass is 10.1. The summed E-state index contributed by atoms with van der Waals surface area (Å²) in [6.07, 6.45) is 0.779. The Balaban J connectivity index is 1.67. The van der Waals surface area contributed by atoms with Crippen molar-refractivity contribution in [3.8, 4) is 0 Å². The van der Waals surface area contributed by atoms with E-state index in [4.69, 9.17) is 0 Å². The number of benzene rings is 2. The van der Waals surface area contributed by atoms with Crippen molar-refractivity contribution in [2.75, 3.05) is 13.1 Å². The second kappa shape index (κ2) is 7.40. The fourth-order valence-corrected chi connectivity index (χ4v) is 4.98. The number of piperidine rings is 1. The van der Waals surface area contributed by atoms with Crippen LogP contribution in [0.2, 0.25) is 0 Å². The van der Waals surface area contributed by atoms with E-state index in [0.717, 1.165) is 5.56 Å². The van der Waals surface area contributed by atoms with Crippen molar-refractivity contribution in [1.82, 2.24) is 4.90 Å². The first-order valence-electron chi connectivity index (χ1n) is 8.43. The number of likely N-dealkylation sites (tertiary alicyclic amines) is 1. The summed E-state index contributed by atoms with van der Waals surface area (Å²) < 4.78 is 66.0. The van der Waals surface area contributed by atoms with Crippen molar-refractivity contribution in [2.45, 2.75) is 36.5 Å². The van der Waals surface area contributed by atoms with E-state index in [2.05, 4.69) is 0 Å². The Morgan fingerprint density at radius 1 is 1.00 bits per heavy atom. The molecule has 1 aliphatic heterocycles. The third-order valence-electron chi connectivity index (χ3n) is 4.81. The molecule has 1 saturated heterocycles. The van der Waals surface area contributed by atoms with E-state index in [1.54, 1.807) is 29.2 Å². The van der Waals surface area contributed by atoms with Gasteiger partial charge in [0.15, 0.2) is 9.84 Å². The van der Waals surface area contributed by atoms with E-state index in [1.165, 1.54) is 0 Å². The Bertz CT molecular complexity index is 866. The highest BCUT2D eigenvalue weighted by Crippen LogP contribution is 2.26. The van der Waals surface area contributed by atoms with Gasteiger partial charge in [0.25, 0.3) is 0 Å². The van der Waals surface area contributed by atoms with E-state index < -0.39 is 32.5 Å². The smallest absolute Gasteiger partial charge is 0.181 e. The van der Waals surface area contributed by atoms with Crippen molar-refractivity contribution in [2.24, 2.45) is 0 Å². The van der Waals surface area contributed by atoms with E-state index in [-0.39, 0.29) is 12.1 Å². The Hall–Kier alpha value is -1.86. The Morgan fingerprint density at radius 3 is 2.08 bits per heavy atom. The Labute approximate surface area is 151 Å². The standard InChI is InChI=1S/C19H20F3NO2S/c1-13-2-4-15(5-3-13)26(24,25)16-6-8-23(9-7-16)12-17-18(21)10-14(20)11-19(17)22/h2-5,10-11,16H,6-9,12H2,1H3. The van der Waals surface area contributed by atoms with Crippen LogP contribution in [-0.2, 0) is 16.4 Å². The summed E-state index contributed by atoms with van der Waals surface area (Å²) in [5, 5.41) is -0.510. The average molecular weight is 383 g/mol. The summed E-state index contributed by atoms with van der Waals surface area (Å²) >= 11 is 0. The van der Waals surface area contributed by atoms with Crippen LogP contribution in [0.4, 0.5) is 13.2 Å². The first-order valence-corrected chi connectivity index (χ1v) is 9.98. The number of sulfone groups is 1. The largest absolute Gasteiger partial charge is 0.299 e.